The number of rotatable bonds is 6. The molecule has 1 heterocycles. The Morgan fingerprint density at radius 3 is 3.00 bits per heavy atom. The Hall–Kier alpha value is -1.35. The van der Waals surface area contributed by atoms with Crippen LogP contribution >= 0.6 is 11.3 Å². The van der Waals surface area contributed by atoms with Gasteiger partial charge in [0.15, 0.2) is 0 Å². The summed E-state index contributed by atoms with van der Waals surface area (Å²) >= 11 is 1.67. The Bertz CT molecular complexity index is 488. The SMILES string of the molecule is CNC(=O)C(C)CN(C)Cc1sccc1C#CCCO. The molecule has 1 aromatic heterocycles. The zero-order valence-corrected chi connectivity index (χ0v) is 13.1. The number of aliphatic hydroxyl groups excluding tert-OH is 1. The second-order valence-corrected chi connectivity index (χ2v) is 5.75. The van der Waals surface area contributed by atoms with E-state index in [1.54, 1.807) is 18.4 Å². The number of hydrogen-bond donors (Lipinski definition) is 2. The van der Waals surface area contributed by atoms with Crippen molar-refractivity contribution >= 4 is 17.2 Å². The first-order chi connectivity index (χ1) is 9.58. The molecule has 0 saturated heterocycles. The van der Waals surface area contributed by atoms with Gasteiger partial charge < -0.3 is 15.3 Å². The predicted molar refractivity (Wildman–Crippen MR) is 82.5 cm³/mol. The summed E-state index contributed by atoms with van der Waals surface area (Å²) in [6.07, 6.45) is 0.499. The van der Waals surface area contributed by atoms with Crippen LogP contribution in [0, 0.1) is 17.8 Å². The Balaban J connectivity index is 2.59. The maximum atomic E-state index is 11.5. The number of thiophene rings is 1. The van der Waals surface area contributed by atoms with Crippen LogP contribution in [0.15, 0.2) is 11.4 Å². The molecule has 1 aromatic rings. The van der Waals surface area contributed by atoms with Crippen LogP contribution in [0.1, 0.15) is 23.8 Å². The molecule has 0 aliphatic heterocycles. The molecule has 0 fully saturated rings. The highest BCUT2D eigenvalue weighted by Gasteiger charge is 2.14. The van der Waals surface area contributed by atoms with E-state index in [9.17, 15) is 4.79 Å². The molecular formula is C15H22N2O2S. The molecular weight excluding hydrogens is 272 g/mol. The molecule has 20 heavy (non-hydrogen) atoms. The van der Waals surface area contributed by atoms with Crippen LogP contribution in [0.4, 0.5) is 0 Å². The molecule has 2 N–H and O–H groups in total. The first-order valence-electron chi connectivity index (χ1n) is 6.64. The summed E-state index contributed by atoms with van der Waals surface area (Å²) in [5.74, 6) is 6.05. The largest absolute Gasteiger partial charge is 0.395 e. The molecule has 0 aliphatic rings. The fourth-order valence-electron chi connectivity index (χ4n) is 1.89. The zero-order valence-electron chi connectivity index (χ0n) is 12.3. The maximum absolute atomic E-state index is 11.5. The van der Waals surface area contributed by atoms with Gasteiger partial charge in [0.2, 0.25) is 5.91 Å². The lowest BCUT2D eigenvalue weighted by atomic mass is 10.1. The van der Waals surface area contributed by atoms with Crippen molar-refractivity contribution < 1.29 is 9.90 Å². The van der Waals surface area contributed by atoms with Crippen LogP contribution in [0.25, 0.3) is 0 Å². The summed E-state index contributed by atoms with van der Waals surface area (Å²) in [7, 11) is 3.66. The van der Waals surface area contributed by atoms with Gasteiger partial charge in [-0.25, -0.2) is 0 Å². The quantitative estimate of drug-likeness (QED) is 0.778. The summed E-state index contributed by atoms with van der Waals surface area (Å²) in [6, 6.07) is 2.00. The van der Waals surface area contributed by atoms with Crippen LogP contribution in [-0.4, -0.2) is 43.2 Å². The summed E-state index contributed by atoms with van der Waals surface area (Å²) in [5.41, 5.74) is 1.02. The van der Waals surface area contributed by atoms with Crippen molar-refractivity contribution in [1.29, 1.82) is 0 Å². The number of hydrogen-bond acceptors (Lipinski definition) is 4. The van der Waals surface area contributed by atoms with Gasteiger partial charge in [0.05, 0.1) is 6.61 Å². The number of amides is 1. The Morgan fingerprint density at radius 1 is 1.60 bits per heavy atom. The minimum atomic E-state index is -0.0334. The lowest BCUT2D eigenvalue weighted by Gasteiger charge is -2.19. The summed E-state index contributed by atoms with van der Waals surface area (Å²) in [6.45, 7) is 3.50. The lowest BCUT2D eigenvalue weighted by molar-refractivity contribution is -0.124. The average Bonchev–Trinajstić information content (AvgIpc) is 2.85. The van der Waals surface area contributed by atoms with Gasteiger partial charge in [0, 0.05) is 42.9 Å². The second kappa shape index (κ2) is 8.75. The maximum Gasteiger partial charge on any atom is 0.223 e. The number of carbonyl (C=O) groups is 1. The van der Waals surface area contributed by atoms with E-state index < -0.39 is 0 Å². The molecule has 1 amide bonds. The fourth-order valence-corrected chi connectivity index (χ4v) is 2.80. The Labute approximate surface area is 124 Å². The molecule has 1 atom stereocenters. The summed E-state index contributed by atoms with van der Waals surface area (Å²) in [5, 5.41) is 13.4. The Morgan fingerprint density at radius 2 is 2.35 bits per heavy atom. The van der Waals surface area contributed by atoms with Gasteiger partial charge in [-0.2, -0.15) is 0 Å². The highest BCUT2D eigenvalue weighted by Crippen LogP contribution is 2.18. The molecule has 0 aromatic carbocycles. The van der Waals surface area contributed by atoms with Crippen molar-refractivity contribution in [3.63, 3.8) is 0 Å². The van der Waals surface area contributed by atoms with Crippen molar-refractivity contribution in [2.24, 2.45) is 5.92 Å². The van der Waals surface area contributed by atoms with E-state index in [2.05, 4.69) is 22.1 Å². The first kappa shape index (κ1) is 16.7. The Kier molecular flexibility index (Phi) is 7.31. The smallest absolute Gasteiger partial charge is 0.223 e. The zero-order chi connectivity index (χ0) is 15.0. The van der Waals surface area contributed by atoms with E-state index in [0.29, 0.717) is 13.0 Å². The molecule has 1 unspecified atom stereocenters. The van der Waals surface area contributed by atoms with Gasteiger partial charge in [-0.15, -0.1) is 11.3 Å². The minimum absolute atomic E-state index is 0.0334. The molecule has 0 radical (unpaired) electrons. The van der Waals surface area contributed by atoms with Gasteiger partial charge in [-0.3, -0.25) is 4.79 Å². The monoisotopic (exact) mass is 294 g/mol. The summed E-state index contributed by atoms with van der Waals surface area (Å²) in [4.78, 5) is 14.8. The third kappa shape index (κ3) is 5.33. The van der Waals surface area contributed by atoms with Gasteiger partial charge in [-0.05, 0) is 18.5 Å². The van der Waals surface area contributed by atoms with E-state index in [1.807, 2.05) is 25.4 Å². The first-order valence-corrected chi connectivity index (χ1v) is 7.52. The molecule has 0 bridgehead atoms. The van der Waals surface area contributed by atoms with Crippen molar-refractivity contribution in [2.75, 3.05) is 27.2 Å². The van der Waals surface area contributed by atoms with Crippen LogP contribution in [-0.2, 0) is 11.3 Å². The average molecular weight is 294 g/mol. The van der Waals surface area contributed by atoms with Crippen LogP contribution in [0.2, 0.25) is 0 Å². The minimum Gasteiger partial charge on any atom is -0.395 e. The fraction of sp³-hybridized carbons (Fsp3) is 0.533. The molecule has 0 saturated carbocycles. The topological polar surface area (TPSA) is 52.6 Å². The van der Waals surface area contributed by atoms with Crippen LogP contribution < -0.4 is 5.32 Å². The molecule has 1 rings (SSSR count). The highest BCUT2D eigenvalue weighted by atomic mass is 32.1. The molecule has 0 spiro atoms. The molecule has 0 aliphatic carbocycles. The summed E-state index contributed by atoms with van der Waals surface area (Å²) < 4.78 is 0. The van der Waals surface area contributed by atoms with Gasteiger partial charge in [-0.1, -0.05) is 18.8 Å². The van der Waals surface area contributed by atoms with Crippen LogP contribution in [0.5, 0.6) is 0 Å². The van der Waals surface area contributed by atoms with Crippen molar-refractivity contribution in [1.82, 2.24) is 10.2 Å². The standard InChI is InChI=1S/C15H22N2O2S/c1-12(15(19)16-2)10-17(3)11-14-13(7-9-20-14)6-4-5-8-18/h7,9,12,18H,5,8,10-11H2,1-3H3,(H,16,19). The molecule has 5 heteroatoms. The van der Waals surface area contributed by atoms with E-state index in [4.69, 9.17) is 5.11 Å². The third-order valence-corrected chi connectivity index (χ3v) is 3.80. The molecule has 4 nitrogen and oxygen atoms in total. The van der Waals surface area contributed by atoms with Gasteiger partial charge >= 0.3 is 0 Å². The normalized spacial score (nSPS) is 11.8. The predicted octanol–water partition coefficient (Wildman–Crippen LogP) is 1.30. The van der Waals surface area contributed by atoms with E-state index in [-0.39, 0.29) is 18.4 Å². The van der Waals surface area contributed by atoms with Gasteiger partial charge in [0.1, 0.15) is 0 Å². The number of nitrogens with one attached hydrogen (secondary N) is 1. The van der Waals surface area contributed by atoms with E-state index >= 15 is 0 Å². The van der Waals surface area contributed by atoms with E-state index in [1.165, 1.54) is 4.88 Å². The second-order valence-electron chi connectivity index (χ2n) is 4.74. The highest BCUT2D eigenvalue weighted by molar-refractivity contribution is 7.10. The van der Waals surface area contributed by atoms with E-state index in [0.717, 1.165) is 12.1 Å². The number of carbonyl (C=O) groups excluding carboxylic acids is 1. The lowest BCUT2D eigenvalue weighted by Crippen LogP contribution is -2.34. The third-order valence-electron chi connectivity index (χ3n) is 2.90. The molecule has 110 valence electrons. The number of nitrogens with zero attached hydrogens (tertiary/aromatic N) is 1. The van der Waals surface area contributed by atoms with Crippen molar-refractivity contribution in [2.45, 2.75) is 19.9 Å². The number of aliphatic hydroxyl groups is 1. The van der Waals surface area contributed by atoms with Gasteiger partial charge in [0.25, 0.3) is 0 Å². The van der Waals surface area contributed by atoms with Crippen molar-refractivity contribution in [3.05, 3.63) is 21.9 Å². The van der Waals surface area contributed by atoms with Crippen molar-refractivity contribution in [3.8, 4) is 11.8 Å². The van der Waals surface area contributed by atoms with Crippen LogP contribution in [0.3, 0.4) is 0 Å².